The molecule has 1 heterocycles. The van der Waals surface area contributed by atoms with Gasteiger partial charge in [-0.05, 0) is 54.6 Å². The predicted octanol–water partition coefficient (Wildman–Crippen LogP) is 4.54. The minimum absolute atomic E-state index is 0.127. The van der Waals surface area contributed by atoms with Gasteiger partial charge < -0.3 is 9.88 Å². The molecule has 0 fully saturated rings. The number of hydrogen-bond donors (Lipinski definition) is 1. The first kappa shape index (κ1) is 18.2. The van der Waals surface area contributed by atoms with Gasteiger partial charge in [-0.3, -0.25) is 9.59 Å². The van der Waals surface area contributed by atoms with Gasteiger partial charge in [0.1, 0.15) is 0 Å². The molecule has 2 aromatic carbocycles. The molecule has 1 amide bonds. The molecule has 134 valence electrons. The van der Waals surface area contributed by atoms with Crippen LogP contribution in [-0.4, -0.2) is 22.3 Å². The highest BCUT2D eigenvalue weighted by Gasteiger charge is 2.17. The van der Waals surface area contributed by atoms with Crippen LogP contribution >= 0.6 is 11.6 Å². The third kappa shape index (κ3) is 3.97. The first-order chi connectivity index (χ1) is 12.5. The van der Waals surface area contributed by atoms with Gasteiger partial charge in [0.05, 0.1) is 6.54 Å². The lowest BCUT2D eigenvalue weighted by Crippen LogP contribution is -2.33. The van der Waals surface area contributed by atoms with Crippen molar-refractivity contribution in [2.45, 2.75) is 26.8 Å². The van der Waals surface area contributed by atoms with Crippen molar-refractivity contribution in [2.75, 3.05) is 6.54 Å². The second-order valence-corrected chi connectivity index (χ2v) is 6.89. The molecule has 0 radical (unpaired) electrons. The van der Waals surface area contributed by atoms with E-state index < -0.39 is 0 Å². The summed E-state index contributed by atoms with van der Waals surface area (Å²) in [6, 6.07) is 14.7. The number of aromatic amines is 1. The number of fused-ring (bicyclic) bond motifs is 1. The fourth-order valence-electron chi connectivity index (χ4n) is 3.01. The van der Waals surface area contributed by atoms with Gasteiger partial charge in [0, 0.05) is 28.2 Å². The Labute approximate surface area is 157 Å². The van der Waals surface area contributed by atoms with E-state index in [1.54, 1.807) is 29.2 Å². The first-order valence-electron chi connectivity index (χ1n) is 8.65. The van der Waals surface area contributed by atoms with E-state index in [4.69, 9.17) is 11.6 Å². The van der Waals surface area contributed by atoms with Crippen LogP contribution in [-0.2, 0) is 6.54 Å². The number of hydrogen-bond acceptors (Lipinski definition) is 2. The minimum atomic E-state index is -0.164. The molecular weight excluding hydrogens is 348 g/mol. The van der Waals surface area contributed by atoms with Crippen molar-refractivity contribution < 1.29 is 4.79 Å². The Hall–Kier alpha value is -2.59. The van der Waals surface area contributed by atoms with E-state index in [-0.39, 0.29) is 18.0 Å². The summed E-state index contributed by atoms with van der Waals surface area (Å²) in [7, 11) is 0. The van der Waals surface area contributed by atoms with Gasteiger partial charge in [0.2, 0.25) is 0 Å². The molecule has 0 bridgehead atoms. The molecule has 0 spiro atoms. The topological polar surface area (TPSA) is 53.2 Å². The summed E-state index contributed by atoms with van der Waals surface area (Å²) in [6.07, 6.45) is 0.803. The lowest BCUT2D eigenvalue weighted by atomic mass is 10.1. The maximum absolute atomic E-state index is 12.9. The van der Waals surface area contributed by atoms with E-state index in [9.17, 15) is 9.59 Å². The third-order valence-electron chi connectivity index (χ3n) is 4.29. The van der Waals surface area contributed by atoms with Crippen LogP contribution in [0.3, 0.4) is 0 Å². The zero-order valence-corrected chi connectivity index (χ0v) is 15.6. The highest BCUT2D eigenvalue weighted by atomic mass is 35.5. The molecule has 0 unspecified atom stereocenters. The number of nitrogens with zero attached hydrogens (tertiary/aromatic N) is 1. The smallest absolute Gasteiger partial charge is 0.254 e. The molecule has 26 heavy (non-hydrogen) atoms. The maximum atomic E-state index is 12.9. The van der Waals surface area contributed by atoms with Crippen LogP contribution < -0.4 is 5.56 Å². The molecule has 1 aromatic heterocycles. The van der Waals surface area contributed by atoms with Crippen molar-refractivity contribution in [1.82, 2.24) is 9.88 Å². The van der Waals surface area contributed by atoms with E-state index in [0.29, 0.717) is 22.7 Å². The second kappa shape index (κ2) is 7.75. The molecule has 0 atom stereocenters. The van der Waals surface area contributed by atoms with Gasteiger partial charge in [-0.2, -0.15) is 0 Å². The number of aryl methyl sites for hydroxylation is 1. The molecule has 3 aromatic rings. The molecule has 0 saturated carbocycles. The average Bonchev–Trinajstić information content (AvgIpc) is 2.61. The van der Waals surface area contributed by atoms with Crippen molar-refractivity contribution >= 4 is 28.4 Å². The molecule has 0 aliphatic rings. The number of pyridine rings is 1. The Kier molecular flexibility index (Phi) is 5.43. The first-order valence-corrected chi connectivity index (χ1v) is 9.03. The quantitative estimate of drug-likeness (QED) is 0.718. The number of carbonyl (C=O) groups is 1. The summed E-state index contributed by atoms with van der Waals surface area (Å²) in [5.41, 5.74) is 2.83. The summed E-state index contributed by atoms with van der Waals surface area (Å²) in [4.78, 5) is 30.0. The third-order valence-corrected chi connectivity index (χ3v) is 4.53. The Morgan fingerprint density at radius 1 is 1.15 bits per heavy atom. The summed E-state index contributed by atoms with van der Waals surface area (Å²) in [6.45, 7) is 4.82. The van der Waals surface area contributed by atoms with Gasteiger partial charge in [0.25, 0.3) is 11.5 Å². The van der Waals surface area contributed by atoms with E-state index in [0.717, 1.165) is 22.9 Å². The zero-order valence-electron chi connectivity index (χ0n) is 14.9. The van der Waals surface area contributed by atoms with Crippen LogP contribution in [0.1, 0.15) is 34.8 Å². The summed E-state index contributed by atoms with van der Waals surface area (Å²) >= 11 is 6.01. The maximum Gasteiger partial charge on any atom is 0.254 e. The number of rotatable bonds is 5. The Bertz CT molecular complexity index is 1010. The largest absolute Gasteiger partial charge is 0.334 e. The number of carbonyl (C=O) groups excluding carboxylic acids is 1. The number of halogens is 1. The van der Waals surface area contributed by atoms with Crippen LogP contribution in [0, 0.1) is 6.92 Å². The molecule has 0 aliphatic carbocycles. The van der Waals surface area contributed by atoms with Crippen molar-refractivity contribution in [3.63, 3.8) is 0 Å². The summed E-state index contributed by atoms with van der Waals surface area (Å²) < 4.78 is 0. The number of nitrogens with one attached hydrogen (secondary N) is 1. The van der Waals surface area contributed by atoms with Gasteiger partial charge in [0.15, 0.2) is 0 Å². The Balaban J connectivity index is 1.94. The van der Waals surface area contributed by atoms with Crippen LogP contribution in [0.15, 0.2) is 53.3 Å². The van der Waals surface area contributed by atoms with Crippen LogP contribution in [0.4, 0.5) is 0 Å². The highest BCUT2D eigenvalue weighted by molar-refractivity contribution is 6.30. The van der Waals surface area contributed by atoms with Crippen molar-refractivity contribution in [1.29, 1.82) is 0 Å². The van der Waals surface area contributed by atoms with Crippen LogP contribution in [0.2, 0.25) is 5.02 Å². The number of benzene rings is 2. The molecular formula is C21H21ClN2O2. The molecule has 0 saturated heterocycles. The fraction of sp³-hybridized carbons (Fsp3) is 0.238. The molecule has 0 aliphatic heterocycles. The Morgan fingerprint density at radius 2 is 1.96 bits per heavy atom. The van der Waals surface area contributed by atoms with Gasteiger partial charge >= 0.3 is 0 Å². The van der Waals surface area contributed by atoms with E-state index in [2.05, 4.69) is 4.98 Å². The monoisotopic (exact) mass is 368 g/mol. The summed E-state index contributed by atoms with van der Waals surface area (Å²) in [5, 5.41) is 1.48. The second-order valence-electron chi connectivity index (χ2n) is 6.45. The Morgan fingerprint density at radius 3 is 2.69 bits per heavy atom. The highest BCUT2D eigenvalue weighted by Crippen LogP contribution is 2.17. The molecule has 3 rings (SSSR count). The lowest BCUT2D eigenvalue weighted by molar-refractivity contribution is 0.0742. The normalized spacial score (nSPS) is 10.9. The number of H-pyrrole nitrogens is 1. The van der Waals surface area contributed by atoms with E-state index in [1.165, 1.54) is 0 Å². The molecule has 4 nitrogen and oxygen atoms in total. The van der Waals surface area contributed by atoms with Crippen molar-refractivity contribution in [3.8, 4) is 0 Å². The van der Waals surface area contributed by atoms with Crippen molar-refractivity contribution in [3.05, 3.63) is 80.6 Å². The zero-order chi connectivity index (χ0) is 18.7. The number of amides is 1. The fourth-order valence-corrected chi connectivity index (χ4v) is 3.20. The van der Waals surface area contributed by atoms with E-state index in [1.807, 2.05) is 38.1 Å². The van der Waals surface area contributed by atoms with Crippen LogP contribution in [0.5, 0.6) is 0 Å². The molecule has 5 heteroatoms. The summed E-state index contributed by atoms with van der Waals surface area (Å²) in [5.74, 6) is -0.127. The average molecular weight is 369 g/mol. The predicted molar refractivity (Wildman–Crippen MR) is 106 cm³/mol. The van der Waals surface area contributed by atoms with Crippen molar-refractivity contribution in [2.24, 2.45) is 0 Å². The van der Waals surface area contributed by atoms with Gasteiger partial charge in [-0.25, -0.2) is 0 Å². The lowest BCUT2D eigenvalue weighted by Gasteiger charge is -2.22. The van der Waals surface area contributed by atoms with Gasteiger partial charge in [-0.1, -0.05) is 36.7 Å². The molecule has 1 N–H and O–H groups in total. The van der Waals surface area contributed by atoms with Gasteiger partial charge in [-0.15, -0.1) is 0 Å². The van der Waals surface area contributed by atoms with Crippen LogP contribution in [0.25, 0.3) is 10.9 Å². The minimum Gasteiger partial charge on any atom is -0.334 e. The SMILES string of the molecule is CCCN(Cc1cc2ccc(C)cc2[nH]c1=O)C(=O)c1cccc(Cl)c1. The number of aromatic nitrogens is 1. The standard InChI is InChI=1S/C21H21ClN2O2/c1-3-9-24(21(26)16-5-4-6-18(22)12-16)13-17-11-15-8-7-14(2)10-19(15)23-20(17)25/h4-8,10-12H,3,9,13H2,1-2H3,(H,23,25). The van der Waals surface area contributed by atoms with E-state index >= 15 is 0 Å².